The molecule has 1 saturated heterocycles. The first-order chi connectivity index (χ1) is 8.35. The molecule has 1 fully saturated rings. The number of sulfonamides is 1. The van der Waals surface area contributed by atoms with Crippen molar-refractivity contribution in [1.29, 1.82) is 0 Å². The van der Waals surface area contributed by atoms with Gasteiger partial charge in [-0.15, -0.1) is 0 Å². The van der Waals surface area contributed by atoms with Crippen molar-refractivity contribution in [3.63, 3.8) is 0 Å². The van der Waals surface area contributed by atoms with Crippen LogP contribution in [0, 0.1) is 13.8 Å². The normalized spacial score (nSPS) is 24.9. The van der Waals surface area contributed by atoms with Gasteiger partial charge in [-0.1, -0.05) is 5.16 Å². The van der Waals surface area contributed by atoms with Gasteiger partial charge < -0.3 is 14.9 Å². The van der Waals surface area contributed by atoms with Crippen molar-refractivity contribution < 1.29 is 18.0 Å². The molecule has 1 aliphatic heterocycles. The molecule has 0 aliphatic carbocycles. The van der Waals surface area contributed by atoms with E-state index in [9.17, 15) is 13.5 Å². The van der Waals surface area contributed by atoms with E-state index in [1.165, 1.54) is 11.4 Å². The van der Waals surface area contributed by atoms with Gasteiger partial charge in [-0.3, -0.25) is 0 Å². The zero-order valence-electron chi connectivity index (χ0n) is 10.5. The van der Waals surface area contributed by atoms with Crippen molar-refractivity contribution >= 4 is 10.0 Å². The number of aryl methyl sites for hydroxylation is 2. The van der Waals surface area contributed by atoms with Crippen molar-refractivity contribution in [3.05, 3.63) is 11.5 Å². The van der Waals surface area contributed by atoms with Crippen molar-refractivity contribution in [3.8, 4) is 0 Å². The van der Waals surface area contributed by atoms with Crippen LogP contribution in [0.25, 0.3) is 0 Å². The van der Waals surface area contributed by atoms with E-state index in [2.05, 4.69) is 10.5 Å². The number of hydrogen-bond acceptors (Lipinski definition) is 6. The molecule has 8 heteroatoms. The molecule has 2 N–H and O–H groups in total. The molecule has 102 valence electrons. The SMILES string of the molecule is Cc1noc(C)c1S(=O)(=O)N(C)[C@H]1CNC[C@@H]1O. The molecule has 1 aliphatic rings. The summed E-state index contributed by atoms with van der Waals surface area (Å²) in [7, 11) is -2.24. The van der Waals surface area contributed by atoms with E-state index in [0.717, 1.165) is 0 Å². The highest BCUT2D eigenvalue weighted by atomic mass is 32.2. The Morgan fingerprint density at radius 1 is 1.44 bits per heavy atom. The number of nitrogens with one attached hydrogen (secondary N) is 1. The van der Waals surface area contributed by atoms with Gasteiger partial charge in [0.2, 0.25) is 10.0 Å². The molecular formula is C10H17N3O4S. The van der Waals surface area contributed by atoms with Crippen molar-refractivity contribution in [1.82, 2.24) is 14.8 Å². The van der Waals surface area contributed by atoms with E-state index in [-0.39, 0.29) is 10.7 Å². The van der Waals surface area contributed by atoms with Gasteiger partial charge in [0.1, 0.15) is 10.6 Å². The van der Waals surface area contributed by atoms with Crippen LogP contribution in [0.3, 0.4) is 0 Å². The van der Waals surface area contributed by atoms with Gasteiger partial charge in [-0.2, -0.15) is 4.31 Å². The number of aliphatic hydroxyl groups is 1. The second-order valence-electron chi connectivity index (χ2n) is 4.47. The maximum absolute atomic E-state index is 12.5. The van der Waals surface area contributed by atoms with Crippen LogP contribution in [0.4, 0.5) is 0 Å². The maximum atomic E-state index is 12.5. The summed E-state index contributed by atoms with van der Waals surface area (Å²) < 4.78 is 31.0. The Labute approximate surface area is 106 Å². The summed E-state index contributed by atoms with van der Waals surface area (Å²) in [6, 6.07) is -0.469. The minimum absolute atomic E-state index is 0.0871. The Hall–Kier alpha value is -0.960. The molecule has 0 radical (unpaired) electrons. The lowest BCUT2D eigenvalue weighted by Gasteiger charge is -2.25. The third-order valence-electron chi connectivity index (χ3n) is 3.22. The molecule has 2 atom stereocenters. The Morgan fingerprint density at radius 2 is 2.11 bits per heavy atom. The zero-order chi connectivity index (χ0) is 13.5. The predicted molar refractivity (Wildman–Crippen MR) is 63.6 cm³/mol. The van der Waals surface area contributed by atoms with E-state index < -0.39 is 22.2 Å². The zero-order valence-corrected chi connectivity index (χ0v) is 11.4. The van der Waals surface area contributed by atoms with Crippen LogP contribution in [-0.2, 0) is 10.0 Å². The fourth-order valence-electron chi connectivity index (χ4n) is 2.19. The molecular weight excluding hydrogens is 258 g/mol. The average molecular weight is 275 g/mol. The number of aliphatic hydroxyl groups excluding tert-OH is 1. The first-order valence-corrected chi connectivity index (χ1v) is 7.09. The second kappa shape index (κ2) is 4.61. The van der Waals surface area contributed by atoms with Crippen LogP contribution in [0.1, 0.15) is 11.5 Å². The van der Waals surface area contributed by atoms with Crippen LogP contribution in [-0.4, -0.2) is 55.3 Å². The van der Waals surface area contributed by atoms with Crippen LogP contribution >= 0.6 is 0 Å². The molecule has 18 heavy (non-hydrogen) atoms. The largest absolute Gasteiger partial charge is 0.390 e. The smallest absolute Gasteiger partial charge is 0.248 e. The number of hydrogen-bond donors (Lipinski definition) is 2. The monoisotopic (exact) mass is 275 g/mol. The highest BCUT2D eigenvalue weighted by Crippen LogP contribution is 2.25. The summed E-state index contributed by atoms with van der Waals surface area (Å²) in [6.45, 7) is 3.97. The Bertz CT molecular complexity index is 520. The summed E-state index contributed by atoms with van der Waals surface area (Å²) in [6.07, 6.45) is -0.703. The standard InChI is InChI=1S/C10H17N3O4S/c1-6-10(7(2)17-12-6)18(15,16)13(3)8-4-11-5-9(8)14/h8-9,11,14H,4-5H2,1-3H3/t8-,9-/m0/s1. The van der Waals surface area contributed by atoms with Gasteiger partial charge in [0, 0.05) is 20.1 Å². The number of nitrogens with zero attached hydrogens (tertiary/aromatic N) is 2. The lowest BCUT2D eigenvalue weighted by atomic mass is 10.2. The lowest BCUT2D eigenvalue weighted by Crippen LogP contribution is -2.44. The fraction of sp³-hybridized carbons (Fsp3) is 0.700. The highest BCUT2D eigenvalue weighted by Gasteiger charge is 2.38. The summed E-state index contributed by atoms with van der Waals surface area (Å²) >= 11 is 0. The molecule has 2 heterocycles. The fourth-order valence-corrected chi connectivity index (χ4v) is 3.86. The molecule has 2 rings (SSSR count). The summed E-state index contributed by atoms with van der Waals surface area (Å²) in [5.41, 5.74) is 0.333. The second-order valence-corrected chi connectivity index (χ2v) is 6.40. The summed E-state index contributed by atoms with van der Waals surface area (Å²) in [4.78, 5) is 0.0871. The molecule has 0 amide bonds. The molecule has 7 nitrogen and oxygen atoms in total. The van der Waals surface area contributed by atoms with E-state index in [0.29, 0.717) is 18.8 Å². The minimum atomic E-state index is -3.70. The Balaban J connectivity index is 2.37. The van der Waals surface area contributed by atoms with Crippen molar-refractivity contribution in [2.75, 3.05) is 20.1 Å². The Kier molecular flexibility index (Phi) is 3.45. The van der Waals surface area contributed by atoms with E-state index >= 15 is 0 Å². The number of likely N-dealkylation sites (N-methyl/N-ethyl adjacent to an activating group) is 1. The predicted octanol–water partition coefficient (Wildman–Crippen LogP) is -0.755. The van der Waals surface area contributed by atoms with Crippen molar-refractivity contribution in [2.45, 2.75) is 30.9 Å². The molecule has 0 unspecified atom stereocenters. The van der Waals surface area contributed by atoms with E-state index in [1.54, 1.807) is 13.8 Å². The van der Waals surface area contributed by atoms with Gasteiger partial charge in [0.25, 0.3) is 0 Å². The third kappa shape index (κ3) is 2.05. The molecule has 0 bridgehead atoms. The van der Waals surface area contributed by atoms with Gasteiger partial charge in [-0.25, -0.2) is 8.42 Å². The van der Waals surface area contributed by atoms with Gasteiger partial charge >= 0.3 is 0 Å². The lowest BCUT2D eigenvalue weighted by molar-refractivity contribution is 0.136. The minimum Gasteiger partial charge on any atom is -0.390 e. The average Bonchev–Trinajstić information content (AvgIpc) is 2.84. The van der Waals surface area contributed by atoms with Crippen LogP contribution in [0.15, 0.2) is 9.42 Å². The highest BCUT2D eigenvalue weighted by molar-refractivity contribution is 7.89. The van der Waals surface area contributed by atoms with E-state index in [4.69, 9.17) is 4.52 Å². The van der Waals surface area contributed by atoms with Crippen molar-refractivity contribution in [2.24, 2.45) is 0 Å². The topological polar surface area (TPSA) is 95.7 Å². The van der Waals surface area contributed by atoms with Crippen LogP contribution in [0.5, 0.6) is 0 Å². The molecule has 1 aromatic heterocycles. The van der Waals surface area contributed by atoms with Gasteiger partial charge in [0.15, 0.2) is 5.76 Å². The quantitative estimate of drug-likeness (QED) is 0.753. The third-order valence-corrected chi connectivity index (χ3v) is 5.35. The van der Waals surface area contributed by atoms with Gasteiger partial charge in [0.05, 0.1) is 12.1 Å². The first kappa shape index (κ1) is 13.5. The molecule has 0 spiro atoms. The first-order valence-electron chi connectivity index (χ1n) is 5.65. The summed E-state index contributed by atoms with van der Waals surface area (Å²) in [5.74, 6) is 0.264. The number of aromatic nitrogens is 1. The molecule has 0 saturated carbocycles. The van der Waals surface area contributed by atoms with Gasteiger partial charge in [-0.05, 0) is 13.8 Å². The maximum Gasteiger partial charge on any atom is 0.248 e. The Morgan fingerprint density at radius 3 is 2.56 bits per heavy atom. The summed E-state index contributed by atoms with van der Waals surface area (Å²) in [5, 5.41) is 16.4. The van der Waals surface area contributed by atoms with Crippen LogP contribution in [0.2, 0.25) is 0 Å². The van der Waals surface area contributed by atoms with Crippen LogP contribution < -0.4 is 5.32 Å². The number of β-amino-alcohol motifs (C(OH)–C–C–N with tert-alkyl or cyclic N) is 1. The van der Waals surface area contributed by atoms with E-state index in [1.807, 2.05) is 0 Å². The molecule has 1 aromatic rings. The molecule has 0 aromatic carbocycles. The number of rotatable bonds is 3.